The summed E-state index contributed by atoms with van der Waals surface area (Å²) in [5, 5.41) is 17.9. The SMILES string of the molecule is COc1ccccc1Cc1nc(C2(O)CCN(C)CC2)n[nH]1. The number of ether oxygens (including phenoxy) is 1. The van der Waals surface area contributed by atoms with Crippen molar-refractivity contribution in [3.8, 4) is 5.75 Å². The summed E-state index contributed by atoms with van der Waals surface area (Å²) in [5.41, 5.74) is 0.130. The van der Waals surface area contributed by atoms with Gasteiger partial charge in [-0.25, -0.2) is 4.98 Å². The van der Waals surface area contributed by atoms with E-state index in [4.69, 9.17) is 4.74 Å². The third kappa shape index (κ3) is 2.98. The van der Waals surface area contributed by atoms with Crippen LogP contribution in [0.1, 0.15) is 30.1 Å². The third-order valence-corrected chi connectivity index (χ3v) is 4.31. The van der Waals surface area contributed by atoms with E-state index >= 15 is 0 Å². The number of aliphatic hydroxyl groups is 1. The number of benzene rings is 1. The minimum Gasteiger partial charge on any atom is -0.496 e. The first-order chi connectivity index (χ1) is 10.6. The number of piperidine rings is 1. The molecule has 1 aromatic heterocycles. The third-order valence-electron chi connectivity index (χ3n) is 4.31. The molecule has 0 saturated carbocycles. The fraction of sp³-hybridized carbons (Fsp3) is 0.500. The smallest absolute Gasteiger partial charge is 0.182 e. The van der Waals surface area contributed by atoms with Crippen molar-refractivity contribution >= 4 is 0 Å². The molecule has 1 aliphatic heterocycles. The van der Waals surface area contributed by atoms with Crippen LogP contribution >= 0.6 is 0 Å². The highest BCUT2D eigenvalue weighted by Gasteiger charge is 2.36. The van der Waals surface area contributed by atoms with E-state index in [0.29, 0.717) is 25.1 Å². The first-order valence-corrected chi connectivity index (χ1v) is 7.55. The standard InChI is InChI=1S/C16H22N4O2/c1-20-9-7-16(21,8-10-20)15-17-14(18-19-15)11-12-5-3-4-6-13(12)22-2/h3-6,21H,7-11H2,1-2H3,(H,17,18,19). The molecule has 6 heteroatoms. The number of rotatable bonds is 4. The molecule has 0 radical (unpaired) electrons. The summed E-state index contributed by atoms with van der Waals surface area (Å²) in [6, 6.07) is 7.84. The Hall–Kier alpha value is -1.92. The fourth-order valence-electron chi connectivity index (χ4n) is 2.82. The summed E-state index contributed by atoms with van der Waals surface area (Å²) < 4.78 is 5.36. The molecule has 2 heterocycles. The Morgan fingerprint density at radius 1 is 1.32 bits per heavy atom. The summed E-state index contributed by atoms with van der Waals surface area (Å²) in [7, 11) is 3.72. The van der Waals surface area contributed by atoms with E-state index in [1.54, 1.807) is 7.11 Å². The Labute approximate surface area is 130 Å². The Morgan fingerprint density at radius 2 is 2.05 bits per heavy atom. The van der Waals surface area contributed by atoms with Crippen molar-refractivity contribution in [2.75, 3.05) is 27.2 Å². The first kappa shape index (κ1) is 15.0. The van der Waals surface area contributed by atoms with Gasteiger partial charge in [-0.05, 0) is 26.0 Å². The molecule has 0 amide bonds. The Morgan fingerprint density at radius 3 is 2.77 bits per heavy atom. The van der Waals surface area contributed by atoms with Gasteiger partial charge in [-0.3, -0.25) is 5.10 Å². The molecule has 22 heavy (non-hydrogen) atoms. The van der Waals surface area contributed by atoms with Crippen LogP contribution in [0.25, 0.3) is 0 Å². The van der Waals surface area contributed by atoms with Gasteiger partial charge in [0.05, 0.1) is 7.11 Å². The number of hydrogen-bond acceptors (Lipinski definition) is 5. The number of aromatic nitrogens is 3. The lowest BCUT2D eigenvalue weighted by molar-refractivity contribution is -0.0274. The number of nitrogens with one attached hydrogen (secondary N) is 1. The van der Waals surface area contributed by atoms with Gasteiger partial charge in [0.1, 0.15) is 17.2 Å². The lowest BCUT2D eigenvalue weighted by Gasteiger charge is -2.34. The first-order valence-electron chi connectivity index (χ1n) is 7.55. The topological polar surface area (TPSA) is 74.3 Å². The van der Waals surface area contributed by atoms with Gasteiger partial charge >= 0.3 is 0 Å². The molecule has 0 unspecified atom stereocenters. The molecule has 1 saturated heterocycles. The normalized spacial score (nSPS) is 18.3. The molecule has 1 aromatic carbocycles. The zero-order chi connectivity index (χ0) is 15.6. The molecule has 2 aromatic rings. The Balaban J connectivity index is 1.76. The van der Waals surface area contributed by atoms with E-state index in [0.717, 1.165) is 30.2 Å². The maximum absolute atomic E-state index is 10.7. The second-order valence-corrected chi connectivity index (χ2v) is 5.93. The van der Waals surface area contributed by atoms with Crippen LogP contribution in [0.4, 0.5) is 0 Å². The highest BCUT2D eigenvalue weighted by atomic mass is 16.5. The lowest BCUT2D eigenvalue weighted by Crippen LogP contribution is -2.41. The van der Waals surface area contributed by atoms with Gasteiger partial charge in [-0.15, -0.1) is 0 Å². The summed E-state index contributed by atoms with van der Waals surface area (Å²) in [5.74, 6) is 2.08. The van der Waals surface area contributed by atoms with Crippen LogP contribution in [-0.4, -0.2) is 52.4 Å². The number of likely N-dealkylation sites (tertiary alicyclic amines) is 1. The molecule has 1 aliphatic rings. The van der Waals surface area contributed by atoms with Crippen molar-refractivity contribution in [1.29, 1.82) is 0 Å². The van der Waals surface area contributed by atoms with Crippen LogP contribution in [0.3, 0.4) is 0 Å². The summed E-state index contributed by atoms with van der Waals surface area (Å²) in [4.78, 5) is 6.72. The number of aromatic amines is 1. The van der Waals surface area contributed by atoms with Gasteiger partial charge in [0.15, 0.2) is 5.82 Å². The van der Waals surface area contributed by atoms with E-state index in [1.807, 2.05) is 24.3 Å². The maximum atomic E-state index is 10.7. The highest BCUT2D eigenvalue weighted by molar-refractivity contribution is 5.35. The van der Waals surface area contributed by atoms with Gasteiger partial charge in [0.25, 0.3) is 0 Å². The monoisotopic (exact) mass is 302 g/mol. The second kappa shape index (κ2) is 6.06. The van der Waals surface area contributed by atoms with E-state index in [2.05, 4.69) is 27.1 Å². The molecule has 118 valence electrons. The zero-order valence-electron chi connectivity index (χ0n) is 13.0. The number of para-hydroxylation sites is 1. The summed E-state index contributed by atoms with van der Waals surface area (Å²) in [6.07, 6.45) is 1.93. The van der Waals surface area contributed by atoms with Gasteiger partial charge in [-0.1, -0.05) is 18.2 Å². The van der Waals surface area contributed by atoms with Crippen molar-refractivity contribution in [1.82, 2.24) is 20.1 Å². The molecule has 0 atom stereocenters. The van der Waals surface area contributed by atoms with Crippen molar-refractivity contribution in [2.45, 2.75) is 24.9 Å². The van der Waals surface area contributed by atoms with Gasteiger partial charge < -0.3 is 14.7 Å². The van der Waals surface area contributed by atoms with E-state index in [1.165, 1.54) is 0 Å². The van der Waals surface area contributed by atoms with Crippen molar-refractivity contribution in [3.05, 3.63) is 41.5 Å². The minimum absolute atomic E-state index is 0.505. The molecule has 0 aliphatic carbocycles. The molecule has 2 N–H and O–H groups in total. The molecule has 6 nitrogen and oxygen atoms in total. The zero-order valence-corrected chi connectivity index (χ0v) is 13.0. The second-order valence-electron chi connectivity index (χ2n) is 5.93. The highest BCUT2D eigenvalue weighted by Crippen LogP contribution is 2.30. The van der Waals surface area contributed by atoms with Crippen LogP contribution in [0.2, 0.25) is 0 Å². The van der Waals surface area contributed by atoms with Crippen LogP contribution in [-0.2, 0) is 12.0 Å². The summed E-state index contributed by atoms with van der Waals surface area (Å²) >= 11 is 0. The van der Waals surface area contributed by atoms with Crippen LogP contribution in [0.5, 0.6) is 5.75 Å². The molecule has 1 fully saturated rings. The Bertz CT molecular complexity index is 633. The number of hydrogen-bond donors (Lipinski definition) is 2. The molecular weight excluding hydrogens is 280 g/mol. The van der Waals surface area contributed by atoms with Crippen LogP contribution in [0, 0.1) is 0 Å². The van der Waals surface area contributed by atoms with E-state index in [-0.39, 0.29) is 0 Å². The van der Waals surface area contributed by atoms with Crippen LogP contribution < -0.4 is 4.74 Å². The maximum Gasteiger partial charge on any atom is 0.182 e. The number of methoxy groups -OCH3 is 1. The number of H-pyrrole nitrogens is 1. The van der Waals surface area contributed by atoms with Gasteiger partial charge in [-0.2, -0.15) is 5.10 Å². The van der Waals surface area contributed by atoms with E-state index < -0.39 is 5.60 Å². The average molecular weight is 302 g/mol. The fourth-order valence-corrected chi connectivity index (χ4v) is 2.82. The predicted molar refractivity (Wildman–Crippen MR) is 82.8 cm³/mol. The molecule has 0 bridgehead atoms. The van der Waals surface area contributed by atoms with Gasteiger partial charge in [0.2, 0.25) is 0 Å². The Kier molecular flexibility index (Phi) is 4.13. The largest absolute Gasteiger partial charge is 0.496 e. The molecule has 3 rings (SSSR count). The molecule has 0 spiro atoms. The summed E-state index contributed by atoms with van der Waals surface area (Å²) in [6.45, 7) is 1.71. The predicted octanol–water partition coefficient (Wildman–Crippen LogP) is 1.32. The molecular formula is C16H22N4O2. The number of nitrogens with zero attached hydrogens (tertiary/aromatic N) is 3. The average Bonchev–Trinajstić information content (AvgIpc) is 3.00. The lowest BCUT2D eigenvalue weighted by atomic mass is 9.91. The van der Waals surface area contributed by atoms with Crippen LogP contribution in [0.15, 0.2) is 24.3 Å². The van der Waals surface area contributed by atoms with Crippen molar-refractivity contribution in [3.63, 3.8) is 0 Å². The van der Waals surface area contributed by atoms with Gasteiger partial charge in [0, 0.05) is 25.1 Å². The van der Waals surface area contributed by atoms with Crippen molar-refractivity contribution < 1.29 is 9.84 Å². The minimum atomic E-state index is -0.915. The van der Waals surface area contributed by atoms with E-state index in [9.17, 15) is 5.11 Å². The quantitative estimate of drug-likeness (QED) is 0.891. The van der Waals surface area contributed by atoms with Crippen molar-refractivity contribution in [2.24, 2.45) is 0 Å².